The standard InChI is InChI=1S/C22H28N6O3S.C22H30N6O3S/c1-12(2)31-14-8-9-15(23-11-14)19-27-20(32-28-19)26-18-13(3)10-16(24-21(29)30-7)17(25-18)22(4,5)6;1-13-9-17(26-21(29)30-6)18(22(3,4)5)27-19(13)28-20(32)25-11-15-7-8-16(12-24-15)31-14(2)10-23/h8-12H,1-7H3,(H,24,29)(H,25,26,27,28);7-10,12,14,23H,11H2,1-6H3,(H,26,29)(H2,25,27,28,32). The van der Waals surface area contributed by atoms with Crippen LogP contribution in [-0.2, 0) is 26.8 Å². The highest BCUT2D eigenvalue weighted by atomic mass is 32.1. The van der Waals surface area contributed by atoms with Gasteiger partial charge in [0.05, 0.1) is 67.7 Å². The van der Waals surface area contributed by atoms with Crippen LogP contribution in [0.3, 0.4) is 0 Å². The van der Waals surface area contributed by atoms with Gasteiger partial charge in [-0.2, -0.15) is 9.36 Å². The summed E-state index contributed by atoms with van der Waals surface area (Å²) < 4.78 is 25.0. The molecule has 0 aliphatic rings. The number of hydrogen-bond donors (Lipinski definition) is 6. The highest BCUT2D eigenvalue weighted by Crippen LogP contribution is 2.34. The highest BCUT2D eigenvalue weighted by Gasteiger charge is 2.25. The third-order valence-corrected chi connectivity index (χ3v) is 9.57. The average Bonchev–Trinajstić information content (AvgIpc) is 3.70. The van der Waals surface area contributed by atoms with Crippen molar-refractivity contribution in [2.45, 2.75) is 106 Å². The molecule has 18 nitrogen and oxygen atoms in total. The van der Waals surface area contributed by atoms with Gasteiger partial charge >= 0.3 is 12.2 Å². The first-order chi connectivity index (χ1) is 30.1. The fourth-order valence-corrected chi connectivity index (χ4v) is 6.37. The molecule has 0 fully saturated rings. The number of aromatic nitrogens is 6. The zero-order valence-electron chi connectivity index (χ0n) is 38.5. The molecule has 5 aromatic heterocycles. The second-order valence-corrected chi connectivity index (χ2v) is 17.9. The van der Waals surface area contributed by atoms with Crippen LogP contribution in [0.4, 0.5) is 37.7 Å². The predicted molar refractivity (Wildman–Crippen MR) is 256 cm³/mol. The lowest BCUT2D eigenvalue weighted by molar-refractivity contribution is 0.186. The van der Waals surface area contributed by atoms with E-state index in [-0.39, 0.29) is 23.0 Å². The van der Waals surface area contributed by atoms with Gasteiger partial charge in [0.15, 0.2) is 10.9 Å². The molecule has 5 heterocycles. The van der Waals surface area contributed by atoms with Crippen molar-refractivity contribution >= 4 is 75.4 Å². The van der Waals surface area contributed by atoms with Crippen LogP contribution in [-0.4, -0.2) is 79.2 Å². The van der Waals surface area contributed by atoms with E-state index in [0.29, 0.717) is 68.5 Å². The molecule has 0 radical (unpaired) electrons. The normalized spacial score (nSPS) is 11.6. The number of carbonyl (C=O) groups excluding carboxylic acids is 2. The summed E-state index contributed by atoms with van der Waals surface area (Å²) in [5, 5.41) is 23.1. The number of ether oxygens (including phenoxy) is 4. The highest BCUT2D eigenvalue weighted by molar-refractivity contribution is 7.80. The zero-order valence-corrected chi connectivity index (χ0v) is 40.1. The van der Waals surface area contributed by atoms with Crippen LogP contribution in [0.1, 0.15) is 90.5 Å². The average molecular weight is 915 g/mol. The lowest BCUT2D eigenvalue weighted by Gasteiger charge is -2.24. The first-order valence-electron chi connectivity index (χ1n) is 20.2. The van der Waals surface area contributed by atoms with E-state index in [9.17, 15) is 9.59 Å². The minimum Gasteiger partial charge on any atom is -0.489 e. The van der Waals surface area contributed by atoms with Crippen molar-refractivity contribution < 1.29 is 28.5 Å². The molecule has 0 saturated heterocycles. The first-order valence-corrected chi connectivity index (χ1v) is 21.4. The Labute approximate surface area is 383 Å². The van der Waals surface area contributed by atoms with Gasteiger partial charge in [-0.15, -0.1) is 0 Å². The lowest BCUT2D eigenvalue weighted by atomic mass is 9.90. The quantitative estimate of drug-likeness (QED) is 0.0477. The molecule has 0 bridgehead atoms. The van der Waals surface area contributed by atoms with E-state index in [1.165, 1.54) is 32.0 Å². The molecular weight excluding hydrogens is 857 g/mol. The first kappa shape index (κ1) is 50.1. The topological polar surface area (TPSA) is 232 Å². The third kappa shape index (κ3) is 14.8. The monoisotopic (exact) mass is 914 g/mol. The molecule has 2 amide bonds. The van der Waals surface area contributed by atoms with Crippen molar-refractivity contribution in [3.05, 3.63) is 77.0 Å². The summed E-state index contributed by atoms with van der Waals surface area (Å²) in [4.78, 5) is 46.2. The van der Waals surface area contributed by atoms with Crippen molar-refractivity contribution in [3.8, 4) is 23.0 Å². The van der Waals surface area contributed by atoms with Gasteiger partial charge in [0, 0.05) is 28.6 Å². The molecule has 1 unspecified atom stereocenters. The predicted octanol–water partition coefficient (Wildman–Crippen LogP) is 9.47. The Morgan fingerprint density at radius 1 is 0.781 bits per heavy atom. The largest absolute Gasteiger partial charge is 0.489 e. The molecule has 5 rings (SSSR count). The van der Waals surface area contributed by atoms with Gasteiger partial charge in [0.1, 0.15) is 34.9 Å². The Morgan fingerprint density at radius 3 is 1.83 bits per heavy atom. The third-order valence-electron chi connectivity index (χ3n) is 8.70. The number of hydrogen-bond acceptors (Lipinski definition) is 16. The van der Waals surface area contributed by atoms with E-state index in [2.05, 4.69) is 45.9 Å². The number of thiocarbonyl (C=S) groups is 1. The van der Waals surface area contributed by atoms with Gasteiger partial charge < -0.3 is 40.3 Å². The number of amides is 2. The van der Waals surface area contributed by atoms with E-state index >= 15 is 0 Å². The minimum atomic E-state index is -0.550. The smallest absolute Gasteiger partial charge is 0.411 e. The molecule has 0 saturated carbocycles. The summed E-state index contributed by atoms with van der Waals surface area (Å²) >= 11 is 6.64. The molecule has 20 heteroatoms. The van der Waals surface area contributed by atoms with Gasteiger partial charge in [-0.25, -0.2) is 24.5 Å². The van der Waals surface area contributed by atoms with E-state index in [1.54, 1.807) is 25.4 Å². The molecule has 0 aliphatic heterocycles. The molecule has 342 valence electrons. The van der Waals surface area contributed by atoms with Crippen LogP contribution in [0.15, 0.2) is 48.8 Å². The molecule has 0 aliphatic carbocycles. The Morgan fingerprint density at radius 2 is 1.33 bits per heavy atom. The molecular formula is C44H58N12O6S2. The van der Waals surface area contributed by atoms with Gasteiger partial charge in [0.25, 0.3) is 0 Å². The van der Waals surface area contributed by atoms with Crippen LogP contribution in [0.5, 0.6) is 11.5 Å². The van der Waals surface area contributed by atoms with Gasteiger partial charge in [-0.1, -0.05) is 41.5 Å². The summed E-state index contributed by atoms with van der Waals surface area (Å²) in [6.45, 7) is 22.0. The zero-order chi connectivity index (χ0) is 47.4. The fraction of sp³-hybridized carbons (Fsp3) is 0.409. The van der Waals surface area contributed by atoms with Crippen LogP contribution < -0.4 is 36.1 Å². The van der Waals surface area contributed by atoms with Crippen LogP contribution in [0.25, 0.3) is 11.5 Å². The van der Waals surface area contributed by atoms with Gasteiger partial charge in [-0.05, 0) is 94.4 Å². The Bertz CT molecular complexity index is 2400. The SMILES string of the molecule is COC(=O)Nc1cc(C)c(NC(=S)NCc2ccc(OC(C)C=N)cn2)nc1C(C)(C)C.COC(=O)Nc1cc(C)c(Nc2nc(-c3ccc(OC(C)C)cn3)ns2)nc1C(C)(C)C. The fourth-order valence-electron chi connectivity index (χ4n) is 5.63. The maximum Gasteiger partial charge on any atom is 0.411 e. The maximum absolute atomic E-state index is 11.8. The number of anilines is 5. The van der Waals surface area contributed by atoms with E-state index < -0.39 is 12.2 Å². The van der Waals surface area contributed by atoms with E-state index in [0.717, 1.165) is 22.5 Å². The number of methoxy groups -OCH3 is 2. The Kier molecular flexibility index (Phi) is 17.4. The Balaban J connectivity index is 0.000000281. The number of nitrogens with one attached hydrogen (secondary N) is 6. The van der Waals surface area contributed by atoms with Crippen LogP contribution >= 0.6 is 23.8 Å². The summed E-state index contributed by atoms with van der Waals surface area (Å²) in [6, 6.07) is 11.0. The van der Waals surface area contributed by atoms with Gasteiger partial charge in [-0.3, -0.25) is 15.6 Å². The lowest BCUT2D eigenvalue weighted by Crippen LogP contribution is -2.30. The number of aryl methyl sites for hydroxylation is 2. The molecule has 64 heavy (non-hydrogen) atoms. The summed E-state index contributed by atoms with van der Waals surface area (Å²) in [5.41, 5.74) is 5.09. The van der Waals surface area contributed by atoms with Crippen molar-refractivity contribution in [1.29, 1.82) is 5.41 Å². The second kappa shape index (κ2) is 22.2. The van der Waals surface area contributed by atoms with E-state index in [4.69, 9.17) is 46.5 Å². The van der Waals surface area contributed by atoms with Crippen molar-refractivity contribution in [2.75, 3.05) is 35.5 Å². The number of rotatable bonds is 13. The van der Waals surface area contributed by atoms with Crippen molar-refractivity contribution in [2.24, 2.45) is 0 Å². The summed E-state index contributed by atoms with van der Waals surface area (Å²) in [7, 11) is 2.65. The van der Waals surface area contributed by atoms with E-state index in [1.807, 2.05) is 99.6 Å². The van der Waals surface area contributed by atoms with Crippen molar-refractivity contribution in [1.82, 2.24) is 34.6 Å². The number of pyridine rings is 4. The maximum atomic E-state index is 11.8. The molecule has 6 N–H and O–H groups in total. The van der Waals surface area contributed by atoms with Gasteiger partial charge in [0.2, 0.25) is 5.13 Å². The Hall–Kier alpha value is -6.54. The van der Waals surface area contributed by atoms with Crippen LogP contribution in [0.2, 0.25) is 0 Å². The molecule has 0 aromatic carbocycles. The van der Waals surface area contributed by atoms with Crippen LogP contribution in [0, 0.1) is 19.3 Å². The molecule has 0 spiro atoms. The molecule has 1 atom stereocenters. The number of carbonyl (C=O) groups is 2. The second-order valence-electron chi connectivity index (χ2n) is 16.7. The number of nitrogens with zero attached hydrogens (tertiary/aromatic N) is 6. The van der Waals surface area contributed by atoms with Crippen molar-refractivity contribution in [3.63, 3.8) is 0 Å². The molecule has 5 aromatic rings. The minimum absolute atomic E-state index is 0.0822. The summed E-state index contributed by atoms with van der Waals surface area (Å²) in [5.74, 6) is 3.06. The summed E-state index contributed by atoms with van der Waals surface area (Å²) in [6.07, 6.45) is 3.19.